The van der Waals surface area contributed by atoms with Crippen molar-refractivity contribution in [2.45, 2.75) is 26.7 Å². The lowest BCUT2D eigenvalue weighted by molar-refractivity contribution is 0.332. The van der Waals surface area contributed by atoms with E-state index < -0.39 is 0 Å². The number of hydrogen-bond donors (Lipinski definition) is 1. The van der Waals surface area contributed by atoms with Crippen LogP contribution in [0.25, 0.3) is 0 Å². The zero-order chi connectivity index (χ0) is 15.2. The van der Waals surface area contributed by atoms with Gasteiger partial charge in [0.1, 0.15) is 29.2 Å². The van der Waals surface area contributed by atoms with Crippen LogP contribution in [0, 0.1) is 6.92 Å². The molecule has 0 aliphatic heterocycles. The van der Waals surface area contributed by atoms with Crippen molar-refractivity contribution in [3.8, 4) is 5.75 Å². The summed E-state index contributed by atoms with van der Waals surface area (Å²) in [6.07, 6.45) is 0. The molecular formula is C16H20ClN3O. The van der Waals surface area contributed by atoms with Crippen LogP contribution in [-0.2, 0) is 0 Å². The van der Waals surface area contributed by atoms with Gasteiger partial charge in [0, 0.05) is 12.0 Å². The van der Waals surface area contributed by atoms with Gasteiger partial charge in [0.15, 0.2) is 0 Å². The van der Waals surface area contributed by atoms with Gasteiger partial charge in [-0.3, -0.25) is 0 Å². The van der Waals surface area contributed by atoms with E-state index in [4.69, 9.17) is 16.3 Å². The standard InChI is InChI=1S/C16H20ClN3O/c1-11(2)16-19-14(17)10-15(20-16)18-7-8-21-13-6-4-5-12(3)9-13/h4-6,9-11H,7-8H2,1-3H3,(H,18,19,20). The Morgan fingerprint density at radius 1 is 1.24 bits per heavy atom. The van der Waals surface area contributed by atoms with E-state index in [2.05, 4.69) is 15.3 Å². The Balaban J connectivity index is 1.86. The molecule has 0 unspecified atom stereocenters. The third kappa shape index (κ3) is 4.90. The number of nitrogens with zero attached hydrogens (tertiary/aromatic N) is 2. The van der Waals surface area contributed by atoms with E-state index in [-0.39, 0.29) is 5.92 Å². The number of benzene rings is 1. The number of ether oxygens (including phenoxy) is 1. The molecule has 0 aliphatic carbocycles. The maximum absolute atomic E-state index is 6.00. The smallest absolute Gasteiger partial charge is 0.135 e. The molecule has 4 nitrogen and oxygen atoms in total. The highest BCUT2D eigenvalue weighted by Gasteiger charge is 2.06. The number of aryl methyl sites for hydroxylation is 1. The van der Waals surface area contributed by atoms with Gasteiger partial charge in [0.25, 0.3) is 0 Å². The molecule has 0 radical (unpaired) electrons. The average Bonchev–Trinajstić information content (AvgIpc) is 2.43. The van der Waals surface area contributed by atoms with Crippen LogP contribution >= 0.6 is 11.6 Å². The Bertz CT molecular complexity index is 602. The molecule has 112 valence electrons. The molecule has 5 heteroatoms. The van der Waals surface area contributed by atoms with Crippen molar-refractivity contribution in [3.05, 3.63) is 46.9 Å². The van der Waals surface area contributed by atoms with Crippen LogP contribution in [0.3, 0.4) is 0 Å². The summed E-state index contributed by atoms with van der Waals surface area (Å²) in [5.41, 5.74) is 1.18. The van der Waals surface area contributed by atoms with Gasteiger partial charge in [0.2, 0.25) is 0 Å². The molecule has 21 heavy (non-hydrogen) atoms. The van der Waals surface area contributed by atoms with Crippen molar-refractivity contribution < 1.29 is 4.74 Å². The van der Waals surface area contributed by atoms with Crippen molar-refractivity contribution in [1.82, 2.24) is 9.97 Å². The highest BCUT2D eigenvalue weighted by Crippen LogP contribution is 2.17. The molecule has 0 fully saturated rings. The van der Waals surface area contributed by atoms with Gasteiger partial charge in [-0.1, -0.05) is 37.6 Å². The molecule has 0 bridgehead atoms. The molecule has 2 aromatic rings. The van der Waals surface area contributed by atoms with Crippen LogP contribution in [0.4, 0.5) is 5.82 Å². The maximum atomic E-state index is 6.00. The Morgan fingerprint density at radius 2 is 2.05 bits per heavy atom. The van der Waals surface area contributed by atoms with Crippen LogP contribution in [0.15, 0.2) is 30.3 Å². The maximum Gasteiger partial charge on any atom is 0.135 e. The van der Waals surface area contributed by atoms with E-state index in [1.807, 2.05) is 45.0 Å². The Labute approximate surface area is 130 Å². The number of hydrogen-bond acceptors (Lipinski definition) is 4. The van der Waals surface area contributed by atoms with Crippen molar-refractivity contribution in [1.29, 1.82) is 0 Å². The summed E-state index contributed by atoms with van der Waals surface area (Å²) < 4.78 is 5.68. The van der Waals surface area contributed by atoms with Crippen LogP contribution in [0.5, 0.6) is 5.75 Å². The molecule has 0 atom stereocenters. The average molecular weight is 306 g/mol. The lowest BCUT2D eigenvalue weighted by Crippen LogP contribution is -2.13. The fourth-order valence-corrected chi connectivity index (χ4v) is 2.03. The minimum absolute atomic E-state index is 0.243. The predicted octanol–water partition coefficient (Wildman–Crippen LogP) is 4.05. The Kier molecular flexibility index (Phi) is 5.39. The minimum Gasteiger partial charge on any atom is -0.492 e. The highest BCUT2D eigenvalue weighted by atomic mass is 35.5. The van der Waals surface area contributed by atoms with Gasteiger partial charge in [-0.25, -0.2) is 9.97 Å². The van der Waals surface area contributed by atoms with Crippen molar-refractivity contribution in [3.63, 3.8) is 0 Å². The molecule has 1 N–H and O–H groups in total. The van der Waals surface area contributed by atoms with E-state index in [0.29, 0.717) is 18.3 Å². The molecule has 0 spiro atoms. The summed E-state index contributed by atoms with van der Waals surface area (Å²) in [7, 11) is 0. The zero-order valence-electron chi connectivity index (χ0n) is 12.6. The largest absolute Gasteiger partial charge is 0.492 e. The summed E-state index contributed by atoms with van der Waals surface area (Å²) >= 11 is 6.00. The molecule has 0 saturated heterocycles. The van der Waals surface area contributed by atoms with E-state index in [0.717, 1.165) is 17.4 Å². The summed E-state index contributed by atoms with van der Waals surface area (Å²) in [6.45, 7) is 7.33. The minimum atomic E-state index is 0.243. The SMILES string of the molecule is Cc1cccc(OCCNc2cc(Cl)nc(C(C)C)n2)c1. The molecule has 2 rings (SSSR count). The van der Waals surface area contributed by atoms with Gasteiger partial charge < -0.3 is 10.1 Å². The Hall–Kier alpha value is -1.81. The normalized spacial score (nSPS) is 10.7. The quantitative estimate of drug-likeness (QED) is 0.646. The topological polar surface area (TPSA) is 47.0 Å². The first-order chi connectivity index (χ1) is 10.0. The van der Waals surface area contributed by atoms with Crippen LogP contribution < -0.4 is 10.1 Å². The summed E-state index contributed by atoms with van der Waals surface area (Å²) in [5, 5.41) is 3.66. The first-order valence-corrected chi connectivity index (χ1v) is 7.40. The molecule has 1 aromatic heterocycles. The monoisotopic (exact) mass is 305 g/mol. The van der Waals surface area contributed by atoms with E-state index in [1.165, 1.54) is 5.56 Å². The molecule has 1 aromatic carbocycles. The fraction of sp³-hybridized carbons (Fsp3) is 0.375. The van der Waals surface area contributed by atoms with Gasteiger partial charge >= 0.3 is 0 Å². The van der Waals surface area contributed by atoms with E-state index in [1.54, 1.807) is 6.07 Å². The predicted molar refractivity (Wildman–Crippen MR) is 86.3 cm³/mol. The van der Waals surface area contributed by atoms with Gasteiger partial charge in [-0.15, -0.1) is 0 Å². The highest BCUT2D eigenvalue weighted by molar-refractivity contribution is 6.29. The number of anilines is 1. The second-order valence-electron chi connectivity index (χ2n) is 5.18. The zero-order valence-corrected chi connectivity index (χ0v) is 13.3. The summed E-state index contributed by atoms with van der Waals surface area (Å²) in [5.74, 6) is 2.59. The lowest BCUT2D eigenvalue weighted by Gasteiger charge is -2.10. The second kappa shape index (κ2) is 7.27. The van der Waals surface area contributed by atoms with Gasteiger partial charge in [-0.2, -0.15) is 0 Å². The second-order valence-corrected chi connectivity index (χ2v) is 5.57. The number of aromatic nitrogens is 2. The first-order valence-electron chi connectivity index (χ1n) is 7.02. The van der Waals surface area contributed by atoms with Crippen molar-refractivity contribution >= 4 is 17.4 Å². The van der Waals surface area contributed by atoms with Crippen LogP contribution in [-0.4, -0.2) is 23.1 Å². The van der Waals surface area contributed by atoms with Crippen molar-refractivity contribution in [2.75, 3.05) is 18.5 Å². The lowest BCUT2D eigenvalue weighted by atomic mass is 10.2. The van der Waals surface area contributed by atoms with Crippen LogP contribution in [0.2, 0.25) is 5.15 Å². The third-order valence-electron chi connectivity index (χ3n) is 2.90. The molecule has 1 heterocycles. The van der Waals surface area contributed by atoms with Crippen molar-refractivity contribution in [2.24, 2.45) is 0 Å². The third-order valence-corrected chi connectivity index (χ3v) is 3.09. The van der Waals surface area contributed by atoms with Gasteiger partial charge in [0.05, 0.1) is 6.54 Å². The van der Waals surface area contributed by atoms with E-state index >= 15 is 0 Å². The number of rotatable bonds is 6. The summed E-state index contributed by atoms with van der Waals surface area (Å²) in [4.78, 5) is 8.63. The summed E-state index contributed by atoms with van der Waals surface area (Å²) in [6, 6.07) is 9.71. The first kappa shape index (κ1) is 15.6. The number of nitrogens with one attached hydrogen (secondary N) is 1. The molecule has 0 saturated carbocycles. The molecule has 0 aliphatic rings. The van der Waals surface area contributed by atoms with Gasteiger partial charge in [-0.05, 0) is 24.6 Å². The van der Waals surface area contributed by atoms with Crippen LogP contribution in [0.1, 0.15) is 31.2 Å². The Morgan fingerprint density at radius 3 is 2.76 bits per heavy atom. The number of halogens is 1. The fourth-order valence-electron chi connectivity index (χ4n) is 1.84. The molecular weight excluding hydrogens is 286 g/mol. The van der Waals surface area contributed by atoms with E-state index in [9.17, 15) is 0 Å². The molecule has 0 amide bonds.